The molecule has 0 saturated carbocycles. The van der Waals surface area contributed by atoms with Gasteiger partial charge in [-0.1, -0.05) is 15.9 Å². The number of likely N-dealkylation sites (tertiary alicyclic amines) is 1. The highest BCUT2D eigenvalue weighted by Gasteiger charge is 2.31. The van der Waals surface area contributed by atoms with Crippen LogP contribution in [0.1, 0.15) is 26.7 Å². The van der Waals surface area contributed by atoms with E-state index in [0.29, 0.717) is 32.5 Å². The van der Waals surface area contributed by atoms with Crippen LogP contribution in [0.15, 0.2) is 33.6 Å². The lowest BCUT2D eigenvalue weighted by atomic mass is 9.96. The maximum atomic E-state index is 12.5. The largest absolute Gasteiger partial charge is 0.466 e. The van der Waals surface area contributed by atoms with Crippen molar-refractivity contribution >= 4 is 37.8 Å². The zero-order chi connectivity index (χ0) is 19.3. The number of sulfonamides is 1. The normalized spacial score (nSPS) is 17.0. The van der Waals surface area contributed by atoms with Gasteiger partial charge >= 0.3 is 5.97 Å². The summed E-state index contributed by atoms with van der Waals surface area (Å²) in [7, 11) is -3.78. The molecule has 0 spiro atoms. The number of halogens is 1. The molecule has 2 rings (SSSR count). The van der Waals surface area contributed by atoms with Crippen molar-refractivity contribution in [2.75, 3.05) is 19.7 Å². The summed E-state index contributed by atoms with van der Waals surface area (Å²) >= 11 is 3.25. The summed E-state index contributed by atoms with van der Waals surface area (Å²) in [4.78, 5) is 26.0. The third kappa shape index (κ3) is 5.28. The number of carbonyl (C=O) groups excluding carboxylic acids is 2. The van der Waals surface area contributed by atoms with Gasteiger partial charge in [-0.05, 0) is 51.0 Å². The van der Waals surface area contributed by atoms with E-state index in [-0.39, 0.29) is 22.7 Å². The van der Waals surface area contributed by atoms with Crippen molar-refractivity contribution in [2.45, 2.75) is 37.6 Å². The third-order valence-electron chi connectivity index (χ3n) is 4.25. The van der Waals surface area contributed by atoms with Gasteiger partial charge in [-0.25, -0.2) is 8.42 Å². The maximum Gasteiger partial charge on any atom is 0.309 e. The van der Waals surface area contributed by atoms with Gasteiger partial charge in [-0.2, -0.15) is 4.72 Å². The average molecular weight is 447 g/mol. The number of carbonyl (C=O) groups is 2. The van der Waals surface area contributed by atoms with Gasteiger partial charge in [0, 0.05) is 17.6 Å². The van der Waals surface area contributed by atoms with Crippen molar-refractivity contribution in [2.24, 2.45) is 5.92 Å². The van der Waals surface area contributed by atoms with Crippen LogP contribution in [0, 0.1) is 5.92 Å². The van der Waals surface area contributed by atoms with E-state index in [0.717, 1.165) is 4.47 Å². The van der Waals surface area contributed by atoms with E-state index in [1.54, 1.807) is 24.0 Å². The van der Waals surface area contributed by atoms with E-state index >= 15 is 0 Å². The first-order chi connectivity index (χ1) is 12.2. The molecule has 144 valence electrons. The van der Waals surface area contributed by atoms with Crippen molar-refractivity contribution in [3.05, 3.63) is 28.7 Å². The lowest BCUT2D eigenvalue weighted by Gasteiger charge is -2.32. The van der Waals surface area contributed by atoms with Crippen LogP contribution in [-0.4, -0.2) is 50.9 Å². The second kappa shape index (κ2) is 8.96. The predicted molar refractivity (Wildman–Crippen MR) is 99.9 cm³/mol. The molecule has 0 bridgehead atoms. The van der Waals surface area contributed by atoms with Gasteiger partial charge in [-0.15, -0.1) is 0 Å². The fraction of sp³-hybridized carbons (Fsp3) is 0.529. The molecule has 26 heavy (non-hydrogen) atoms. The number of benzene rings is 1. The Kier molecular flexibility index (Phi) is 7.19. The Morgan fingerprint density at radius 1 is 1.27 bits per heavy atom. The van der Waals surface area contributed by atoms with Gasteiger partial charge in [0.2, 0.25) is 15.9 Å². The summed E-state index contributed by atoms with van der Waals surface area (Å²) in [6.07, 6.45) is 1.05. The van der Waals surface area contributed by atoms with E-state index in [4.69, 9.17) is 4.74 Å². The third-order valence-corrected chi connectivity index (χ3v) is 6.34. The number of ether oxygens (including phenoxy) is 1. The van der Waals surface area contributed by atoms with E-state index < -0.39 is 16.1 Å². The lowest BCUT2D eigenvalue weighted by Crippen LogP contribution is -2.49. The van der Waals surface area contributed by atoms with Gasteiger partial charge in [-0.3, -0.25) is 9.59 Å². The Morgan fingerprint density at radius 3 is 2.38 bits per heavy atom. The quantitative estimate of drug-likeness (QED) is 0.673. The number of nitrogens with zero attached hydrogens (tertiary/aromatic N) is 1. The maximum absolute atomic E-state index is 12.5. The number of hydrogen-bond acceptors (Lipinski definition) is 5. The van der Waals surface area contributed by atoms with Crippen molar-refractivity contribution in [3.8, 4) is 0 Å². The minimum Gasteiger partial charge on any atom is -0.466 e. The number of rotatable bonds is 6. The average Bonchev–Trinajstić information content (AvgIpc) is 2.61. The summed E-state index contributed by atoms with van der Waals surface area (Å²) in [6.45, 7) is 4.44. The zero-order valence-electron chi connectivity index (χ0n) is 14.8. The van der Waals surface area contributed by atoms with E-state index in [2.05, 4.69) is 20.7 Å². The van der Waals surface area contributed by atoms with Gasteiger partial charge < -0.3 is 9.64 Å². The minimum absolute atomic E-state index is 0.0985. The Balaban J connectivity index is 1.93. The Morgan fingerprint density at radius 2 is 1.85 bits per heavy atom. The summed E-state index contributed by atoms with van der Waals surface area (Å²) in [6, 6.07) is 5.30. The number of hydrogen-bond donors (Lipinski definition) is 1. The molecule has 1 aromatic rings. The number of piperidine rings is 1. The summed E-state index contributed by atoms with van der Waals surface area (Å²) in [5.74, 6) is -0.731. The molecule has 1 fully saturated rings. The molecule has 0 aliphatic carbocycles. The summed E-state index contributed by atoms with van der Waals surface area (Å²) in [5, 5.41) is 0. The minimum atomic E-state index is -3.78. The summed E-state index contributed by atoms with van der Waals surface area (Å²) in [5.41, 5.74) is 0. The van der Waals surface area contributed by atoms with Crippen LogP contribution in [0.2, 0.25) is 0 Å². The van der Waals surface area contributed by atoms with E-state index in [1.165, 1.54) is 19.1 Å². The second-order valence-electron chi connectivity index (χ2n) is 6.15. The van der Waals surface area contributed by atoms with E-state index in [9.17, 15) is 18.0 Å². The SMILES string of the molecule is CCOC(=O)C1CCN(C(=O)[C@@H](C)NS(=O)(=O)c2ccc(Br)cc2)CC1. The van der Waals surface area contributed by atoms with Gasteiger partial charge in [0.05, 0.1) is 23.5 Å². The van der Waals surface area contributed by atoms with Crippen LogP contribution in [0.4, 0.5) is 0 Å². The van der Waals surface area contributed by atoms with Crippen molar-refractivity contribution in [1.29, 1.82) is 0 Å². The Bertz CT molecular complexity index is 743. The first-order valence-corrected chi connectivity index (χ1v) is 10.8. The standard InChI is InChI=1S/C17H23BrN2O5S/c1-3-25-17(22)13-8-10-20(11-9-13)16(21)12(2)19-26(23,24)15-6-4-14(18)5-7-15/h4-7,12-13,19H,3,8-11H2,1-2H3/t12-/m1/s1. The molecule has 1 aromatic carbocycles. The predicted octanol–water partition coefficient (Wildman–Crippen LogP) is 1.92. The molecule has 1 heterocycles. The van der Waals surface area contributed by atoms with Crippen molar-refractivity contribution in [3.63, 3.8) is 0 Å². The molecule has 1 aliphatic rings. The highest BCUT2D eigenvalue weighted by Crippen LogP contribution is 2.20. The molecule has 1 aliphatic heterocycles. The number of nitrogens with one attached hydrogen (secondary N) is 1. The molecule has 0 unspecified atom stereocenters. The summed E-state index contributed by atoms with van der Waals surface area (Å²) < 4.78 is 33.0. The van der Waals surface area contributed by atoms with Gasteiger partial charge in [0.25, 0.3) is 0 Å². The lowest BCUT2D eigenvalue weighted by molar-refractivity contribution is -0.151. The molecular weight excluding hydrogens is 424 g/mol. The molecule has 7 nitrogen and oxygen atoms in total. The molecule has 1 N–H and O–H groups in total. The Labute approximate surface area is 162 Å². The van der Waals surface area contributed by atoms with Crippen LogP contribution in [0.5, 0.6) is 0 Å². The van der Waals surface area contributed by atoms with Crippen LogP contribution in [-0.2, 0) is 24.3 Å². The molecule has 0 radical (unpaired) electrons. The second-order valence-corrected chi connectivity index (χ2v) is 8.78. The molecule has 1 saturated heterocycles. The molecule has 9 heteroatoms. The van der Waals surface area contributed by atoms with Crippen LogP contribution >= 0.6 is 15.9 Å². The van der Waals surface area contributed by atoms with Crippen molar-refractivity contribution in [1.82, 2.24) is 9.62 Å². The molecule has 1 amide bonds. The first kappa shape index (κ1) is 20.9. The number of amides is 1. The van der Waals surface area contributed by atoms with E-state index in [1.807, 2.05) is 0 Å². The fourth-order valence-corrected chi connectivity index (χ4v) is 4.30. The topological polar surface area (TPSA) is 92.8 Å². The first-order valence-electron chi connectivity index (χ1n) is 8.48. The molecular formula is C17H23BrN2O5S. The van der Waals surface area contributed by atoms with Crippen molar-refractivity contribution < 1.29 is 22.7 Å². The highest BCUT2D eigenvalue weighted by molar-refractivity contribution is 9.10. The van der Waals surface area contributed by atoms with Gasteiger partial charge in [0.1, 0.15) is 0 Å². The smallest absolute Gasteiger partial charge is 0.309 e. The molecule has 1 atom stereocenters. The zero-order valence-corrected chi connectivity index (χ0v) is 17.2. The fourth-order valence-electron chi connectivity index (χ4n) is 2.83. The monoisotopic (exact) mass is 446 g/mol. The Hall–Kier alpha value is -1.45. The number of esters is 1. The van der Waals surface area contributed by atoms with Crippen LogP contribution in [0.3, 0.4) is 0 Å². The van der Waals surface area contributed by atoms with Gasteiger partial charge in [0.15, 0.2) is 0 Å². The van der Waals surface area contributed by atoms with Crippen LogP contribution in [0.25, 0.3) is 0 Å². The molecule has 0 aromatic heterocycles. The highest BCUT2D eigenvalue weighted by atomic mass is 79.9. The van der Waals surface area contributed by atoms with Crippen LogP contribution < -0.4 is 4.72 Å².